The molecule has 0 aliphatic rings. The van der Waals surface area contributed by atoms with Gasteiger partial charge in [-0.25, -0.2) is 0 Å². The van der Waals surface area contributed by atoms with Crippen LogP contribution in [0.5, 0.6) is 0 Å². The van der Waals surface area contributed by atoms with Crippen LogP contribution in [0.3, 0.4) is 0 Å². The number of benzene rings is 1. The zero-order chi connectivity index (χ0) is 13.0. The lowest BCUT2D eigenvalue weighted by Gasteiger charge is -2.26. The van der Waals surface area contributed by atoms with E-state index in [1.54, 1.807) is 0 Å². The summed E-state index contributed by atoms with van der Waals surface area (Å²) >= 11 is 3.53. The molecule has 17 heavy (non-hydrogen) atoms. The van der Waals surface area contributed by atoms with Gasteiger partial charge in [0.1, 0.15) is 0 Å². The molecule has 0 aromatic heterocycles. The highest BCUT2D eigenvalue weighted by Gasteiger charge is 2.13. The van der Waals surface area contributed by atoms with Gasteiger partial charge in [-0.3, -0.25) is 0 Å². The second-order valence-corrected chi connectivity index (χ2v) is 5.08. The first-order valence-corrected chi connectivity index (χ1v) is 6.49. The van der Waals surface area contributed by atoms with Gasteiger partial charge in [-0.2, -0.15) is 5.26 Å². The van der Waals surface area contributed by atoms with Crippen LogP contribution in [0.15, 0.2) is 16.6 Å². The van der Waals surface area contributed by atoms with Crippen LogP contribution < -0.4 is 10.6 Å². The van der Waals surface area contributed by atoms with Crippen LogP contribution in [-0.2, 0) is 0 Å². The number of aryl methyl sites for hydroxylation is 1. The molecule has 0 amide bonds. The summed E-state index contributed by atoms with van der Waals surface area (Å²) in [5.41, 5.74) is 8.80. The molecule has 92 valence electrons. The van der Waals surface area contributed by atoms with E-state index in [-0.39, 0.29) is 5.92 Å². The third-order valence-electron chi connectivity index (χ3n) is 2.77. The second kappa shape index (κ2) is 5.92. The number of rotatable bonds is 4. The maximum absolute atomic E-state index is 8.89. The SMILES string of the molecule is CCN(CC(C)C#N)c1cc(C)c(N)cc1Br. The first kappa shape index (κ1) is 13.9. The van der Waals surface area contributed by atoms with Crippen molar-refractivity contribution in [2.75, 3.05) is 23.7 Å². The highest BCUT2D eigenvalue weighted by molar-refractivity contribution is 9.10. The molecule has 1 rings (SSSR count). The van der Waals surface area contributed by atoms with Gasteiger partial charge in [0.05, 0.1) is 17.7 Å². The summed E-state index contributed by atoms with van der Waals surface area (Å²) in [5, 5.41) is 8.89. The van der Waals surface area contributed by atoms with Gasteiger partial charge in [-0.15, -0.1) is 0 Å². The van der Waals surface area contributed by atoms with Crippen LogP contribution >= 0.6 is 15.9 Å². The fourth-order valence-corrected chi connectivity index (χ4v) is 2.31. The summed E-state index contributed by atoms with van der Waals surface area (Å²) in [6.07, 6.45) is 0. The van der Waals surface area contributed by atoms with E-state index < -0.39 is 0 Å². The monoisotopic (exact) mass is 295 g/mol. The normalized spacial score (nSPS) is 11.9. The van der Waals surface area contributed by atoms with Gasteiger partial charge in [0, 0.05) is 23.2 Å². The smallest absolute Gasteiger partial charge is 0.0671 e. The number of nitriles is 1. The number of nitrogens with zero attached hydrogens (tertiary/aromatic N) is 2. The molecule has 0 heterocycles. The minimum atomic E-state index is 0.0136. The van der Waals surface area contributed by atoms with Gasteiger partial charge in [0.15, 0.2) is 0 Å². The van der Waals surface area contributed by atoms with E-state index in [0.29, 0.717) is 0 Å². The fraction of sp³-hybridized carbons (Fsp3) is 0.462. The van der Waals surface area contributed by atoms with Crippen molar-refractivity contribution in [3.05, 3.63) is 22.2 Å². The number of halogens is 1. The number of nitrogens with two attached hydrogens (primary N) is 1. The Morgan fingerprint density at radius 2 is 2.18 bits per heavy atom. The summed E-state index contributed by atoms with van der Waals surface area (Å²) in [4.78, 5) is 2.18. The van der Waals surface area contributed by atoms with Crippen molar-refractivity contribution >= 4 is 27.3 Å². The number of hydrogen-bond donors (Lipinski definition) is 1. The third kappa shape index (κ3) is 3.37. The van der Waals surface area contributed by atoms with Crippen molar-refractivity contribution in [3.63, 3.8) is 0 Å². The molecule has 1 atom stereocenters. The van der Waals surface area contributed by atoms with Crippen LogP contribution in [0.1, 0.15) is 19.4 Å². The first-order valence-electron chi connectivity index (χ1n) is 5.69. The Hall–Kier alpha value is -1.21. The topological polar surface area (TPSA) is 53.0 Å². The van der Waals surface area contributed by atoms with E-state index in [9.17, 15) is 0 Å². The largest absolute Gasteiger partial charge is 0.398 e. The van der Waals surface area contributed by atoms with E-state index in [4.69, 9.17) is 11.0 Å². The molecule has 0 aliphatic carbocycles. The summed E-state index contributed by atoms with van der Waals surface area (Å²) in [5.74, 6) is 0.0136. The second-order valence-electron chi connectivity index (χ2n) is 4.23. The minimum Gasteiger partial charge on any atom is -0.398 e. The summed E-state index contributed by atoms with van der Waals surface area (Å²) in [7, 11) is 0. The van der Waals surface area contributed by atoms with Crippen molar-refractivity contribution in [1.82, 2.24) is 0 Å². The third-order valence-corrected chi connectivity index (χ3v) is 3.41. The molecule has 1 unspecified atom stereocenters. The van der Waals surface area contributed by atoms with Crippen molar-refractivity contribution in [2.24, 2.45) is 5.92 Å². The van der Waals surface area contributed by atoms with Crippen LogP contribution in [-0.4, -0.2) is 13.1 Å². The average molecular weight is 296 g/mol. The average Bonchev–Trinajstić information content (AvgIpc) is 2.30. The molecular formula is C13H18BrN3. The molecule has 0 radical (unpaired) electrons. The first-order chi connectivity index (χ1) is 7.99. The van der Waals surface area contributed by atoms with E-state index in [1.165, 1.54) is 0 Å². The quantitative estimate of drug-likeness (QED) is 0.867. The zero-order valence-corrected chi connectivity index (χ0v) is 12.1. The van der Waals surface area contributed by atoms with Gasteiger partial charge >= 0.3 is 0 Å². The molecule has 1 aromatic rings. The van der Waals surface area contributed by atoms with E-state index in [1.807, 2.05) is 19.9 Å². The molecule has 0 spiro atoms. The molecule has 0 saturated carbocycles. The molecule has 2 N–H and O–H groups in total. The van der Waals surface area contributed by atoms with Gasteiger partial charge in [0.2, 0.25) is 0 Å². The Morgan fingerprint density at radius 1 is 1.53 bits per heavy atom. The Bertz CT molecular complexity index is 437. The summed E-state index contributed by atoms with van der Waals surface area (Å²) in [6, 6.07) is 6.25. The lowest BCUT2D eigenvalue weighted by Crippen LogP contribution is -2.28. The van der Waals surface area contributed by atoms with Crippen LogP contribution in [0, 0.1) is 24.2 Å². The molecule has 3 nitrogen and oxygen atoms in total. The van der Waals surface area contributed by atoms with E-state index >= 15 is 0 Å². The number of nitrogen functional groups attached to an aromatic ring is 1. The molecule has 1 aromatic carbocycles. The van der Waals surface area contributed by atoms with Gasteiger partial charge < -0.3 is 10.6 Å². The van der Waals surface area contributed by atoms with Gasteiger partial charge in [0.25, 0.3) is 0 Å². The maximum Gasteiger partial charge on any atom is 0.0671 e. The van der Waals surface area contributed by atoms with E-state index in [0.717, 1.165) is 34.5 Å². The van der Waals surface area contributed by atoms with Crippen molar-refractivity contribution in [3.8, 4) is 6.07 Å². The molecule has 0 bridgehead atoms. The Kier molecular flexibility index (Phi) is 4.83. The molecule has 0 saturated heterocycles. The number of hydrogen-bond acceptors (Lipinski definition) is 3. The lowest BCUT2D eigenvalue weighted by atomic mass is 10.1. The molecular weight excluding hydrogens is 278 g/mol. The predicted octanol–water partition coefficient (Wildman–Crippen LogP) is 3.33. The summed E-state index contributed by atoms with van der Waals surface area (Å²) < 4.78 is 0.979. The van der Waals surface area contributed by atoms with Crippen molar-refractivity contribution in [1.29, 1.82) is 5.26 Å². The number of anilines is 2. The highest BCUT2D eigenvalue weighted by atomic mass is 79.9. The van der Waals surface area contributed by atoms with Crippen molar-refractivity contribution < 1.29 is 0 Å². The Balaban J connectivity index is 3.04. The van der Waals surface area contributed by atoms with E-state index in [2.05, 4.69) is 39.9 Å². The highest BCUT2D eigenvalue weighted by Crippen LogP contribution is 2.31. The van der Waals surface area contributed by atoms with Gasteiger partial charge in [-0.05, 0) is 54.4 Å². The molecule has 4 heteroatoms. The van der Waals surface area contributed by atoms with Crippen LogP contribution in [0.4, 0.5) is 11.4 Å². The zero-order valence-electron chi connectivity index (χ0n) is 10.5. The van der Waals surface area contributed by atoms with Crippen LogP contribution in [0.2, 0.25) is 0 Å². The Morgan fingerprint density at radius 3 is 2.71 bits per heavy atom. The minimum absolute atomic E-state index is 0.0136. The maximum atomic E-state index is 8.89. The predicted molar refractivity (Wildman–Crippen MR) is 76.0 cm³/mol. The lowest BCUT2D eigenvalue weighted by molar-refractivity contribution is 0.685. The van der Waals surface area contributed by atoms with Crippen LogP contribution in [0.25, 0.3) is 0 Å². The van der Waals surface area contributed by atoms with Gasteiger partial charge in [-0.1, -0.05) is 0 Å². The molecule has 0 fully saturated rings. The standard InChI is InChI=1S/C13H18BrN3/c1-4-17(8-9(2)7-15)13-5-10(3)12(16)6-11(13)14/h5-6,9H,4,8,16H2,1-3H3. The molecule has 0 aliphatic heterocycles. The Labute approximate surface area is 111 Å². The fourth-order valence-electron chi connectivity index (χ4n) is 1.69. The summed E-state index contributed by atoms with van der Waals surface area (Å²) in [6.45, 7) is 7.61. The van der Waals surface area contributed by atoms with Crippen molar-refractivity contribution in [2.45, 2.75) is 20.8 Å².